The van der Waals surface area contributed by atoms with Crippen molar-refractivity contribution in [2.24, 2.45) is 0 Å². The highest BCUT2D eigenvalue weighted by Gasteiger charge is 2.36. The highest BCUT2D eigenvalue weighted by Crippen LogP contribution is 2.33. The third kappa shape index (κ3) is 5.19. The first-order chi connectivity index (χ1) is 15.3. The number of esters is 1. The summed E-state index contributed by atoms with van der Waals surface area (Å²) in [6.07, 6.45) is 2.86. The molecular weight excluding hydrogens is 410 g/mol. The molecule has 0 saturated heterocycles. The molecule has 32 heavy (non-hydrogen) atoms. The molecule has 0 saturated carbocycles. The highest BCUT2D eigenvalue weighted by molar-refractivity contribution is 6.02. The number of urea groups is 1. The van der Waals surface area contributed by atoms with Crippen molar-refractivity contribution in [1.29, 1.82) is 0 Å². The molecule has 1 aliphatic rings. The first kappa shape index (κ1) is 23.1. The van der Waals surface area contributed by atoms with Crippen molar-refractivity contribution < 1.29 is 23.5 Å². The van der Waals surface area contributed by atoms with Crippen molar-refractivity contribution in [3.63, 3.8) is 0 Å². The number of amides is 3. The highest BCUT2D eigenvalue weighted by atomic mass is 16.5. The second-order valence-electron chi connectivity index (χ2n) is 7.90. The van der Waals surface area contributed by atoms with Crippen molar-refractivity contribution in [2.75, 3.05) is 11.9 Å². The van der Waals surface area contributed by atoms with Crippen LogP contribution in [-0.2, 0) is 9.53 Å². The molecule has 1 unspecified atom stereocenters. The van der Waals surface area contributed by atoms with Crippen molar-refractivity contribution in [1.82, 2.24) is 10.2 Å². The Kier molecular flexibility index (Phi) is 7.35. The summed E-state index contributed by atoms with van der Waals surface area (Å²) in [7, 11) is 0. The molecule has 2 aromatic rings. The number of furan rings is 1. The molecule has 1 aromatic heterocycles. The van der Waals surface area contributed by atoms with Crippen LogP contribution in [0.25, 0.3) is 0 Å². The molecule has 3 rings (SSSR count). The summed E-state index contributed by atoms with van der Waals surface area (Å²) in [5.74, 6) is -0.685. The number of carbonyl (C=O) groups is 3. The zero-order valence-electron chi connectivity index (χ0n) is 18.8. The quantitative estimate of drug-likeness (QED) is 0.584. The smallest absolute Gasteiger partial charge is 0.338 e. The number of nitrogens with zero attached hydrogens (tertiary/aromatic N) is 1. The predicted octanol–water partition coefficient (Wildman–Crippen LogP) is 4.62. The molecule has 2 heterocycles. The number of rotatable bonds is 8. The number of hydrogen-bond donors (Lipinski definition) is 2. The van der Waals surface area contributed by atoms with E-state index in [1.807, 2.05) is 6.92 Å². The van der Waals surface area contributed by atoms with Crippen LogP contribution in [0.2, 0.25) is 0 Å². The first-order valence-corrected chi connectivity index (χ1v) is 10.8. The molecule has 8 heteroatoms. The molecule has 1 aliphatic heterocycles. The molecule has 0 fully saturated rings. The maximum Gasteiger partial charge on any atom is 0.338 e. The van der Waals surface area contributed by atoms with Gasteiger partial charge in [0.2, 0.25) is 0 Å². The number of ether oxygens (including phenoxy) is 1. The van der Waals surface area contributed by atoms with Gasteiger partial charge in [0.05, 0.1) is 24.0 Å². The second-order valence-corrected chi connectivity index (χ2v) is 7.90. The van der Waals surface area contributed by atoms with Crippen LogP contribution in [-0.4, -0.2) is 35.5 Å². The van der Waals surface area contributed by atoms with Gasteiger partial charge in [0.15, 0.2) is 5.76 Å². The summed E-state index contributed by atoms with van der Waals surface area (Å²) < 4.78 is 10.6. The topological polar surface area (TPSA) is 101 Å². The fourth-order valence-corrected chi connectivity index (χ4v) is 3.56. The van der Waals surface area contributed by atoms with E-state index in [1.54, 1.807) is 62.1 Å². The van der Waals surface area contributed by atoms with Crippen molar-refractivity contribution in [3.05, 3.63) is 65.3 Å². The van der Waals surface area contributed by atoms with Crippen LogP contribution in [0.1, 0.15) is 62.7 Å². The van der Waals surface area contributed by atoms with Crippen LogP contribution in [0, 0.1) is 0 Å². The SMILES string of the molecule is CCCCN1C(=O)NC(c2cccc(NC(=O)c3ccco3)c2)C(C(=O)OC(C)C)=C1C. The minimum atomic E-state index is -0.702. The van der Waals surface area contributed by atoms with Crippen LogP contribution < -0.4 is 10.6 Å². The zero-order valence-corrected chi connectivity index (χ0v) is 18.8. The summed E-state index contributed by atoms with van der Waals surface area (Å²) in [6, 6.07) is 9.23. The van der Waals surface area contributed by atoms with E-state index < -0.39 is 17.9 Å². The number of anilines is 1. The van der Waals surface area contributed by atoms with E-state index in [-0.39, 0.29) is 17.9 Å². The summed E-state index contributed by atoms with van der Waals surface area (Å²) >= 11 is 0. The Bertz CT molecular complexity index is 1010. The largest absolute Gasteiger partial charge is 0.459 e. The summed E-state index contributed by atoms with van der Waals surface area (Å²) in [6.45, 7) is 7.88. The Morgan fingerprint density at radius 1 is 1.25 bits per heavy atom. The number of hydrogen-bond acceptors (Lipinski definition) is 5. The van der Waals surface area contributed by atoms with E-state index in [2.05, 4.69) is 10.6 Å². The lowest BCUT2D eigenvalue weighted by atomic mass is 9.94. The molecule has 0 aliphatic carbocycles. The maximum atomic E-state index is 13.0. The fraction of sp³-hybridized carbons (Fsp3) is 0.375. The molecule has 0 spiro atoms. The van der Waals surface area contributed by atoms with E-state index >= 15 is 0 Å². The molecule has 0 radical (unpaired) electrons. The Morgan fingerprint density at radius 2 is 2.03 bits per heavy atom. The van der Waals surface area contributed by atoms with Gasteiger partial charge in [-0.3, -0.25) is 9.69 Å². The molecule has 1 aromatic carbocycles. The van der Waals surface area contributed by atoms with E-state index in [9.17, 15) is 14.4 Å². The van der Waals surface area contributed by atoms with Crippen LogP contribution >= 0.6 is 0 Å². The lowest BCUT2D eigenvalue weighted by Crippen LogP contribution is -2.48. The fourth-order valence-electron chi connectivity index (χ4n) is 3.56. The Balaban J connectivity index is 1.95. The van der Waals surface area contributed by atoms with Gasteiger partial charge in [-0.15, -0.1) is 0 Å². The van der Waals surface area contributed by atoms with Gasteiger partial charge in [-0.1, -0.05) is 25.5 Å². The monoisotopic (exact) mass is 439 g/mol. The van der Waals surface area contributed by atoms with Gasteiger partial charge in [-0.25, -0.2) is 9.59 Å². The predicted molar refractivity (Wildman–Crippen MR) is 120 cm³/mol. The Labute approximate surface area is 187 Å². The standard InChI is InChI=1S/C24H29N3O5/c1-5-6-12-27-16(4)20(23(29)32-15(2)3)21(26-24(27)30)17-9-7-10-18(14-17)25-22(28)19-11-8-13-31-19/h7-11,13-15,21H,5-6,12H2,1-4H3,(H,25,28)(H,26,30). The number of benzene rings is 1. The van der Waals surface area contributed by atoms with Gasteiger partial charge in [0.1, 0.15) is 0 Å². The second kappa shape index (κ2) is 10.2. The van der Waals surface area contributed by atoms with Gasteiger partial charge in [-0.2, -0.15) is 0 Å². The molecule has 0 bridgehead atoms. The Hall–Kier alpha value is -3.55. The van der Waals surface area contributed by atoms with Gasteiger partial charge >= 0.3 is 12.0 Å². The average Bonchev–Trinajstić information content (AvgIpc) is 3.28. The van der Waals surface area contributed by atoms with E-state index in [1.165, 1.54) is 6.26 Å². The molecule has 8 nitrogen and oxygen atoms in total. The van der Waals surface area contributed by atoms with Crippen molar-refractivity contribution in [2.45, 2.75) is 52.7 Å². The number of nitrogens with one attached hydrogen (secondary N) is 2. The molecule has 170 valence electrons. The lowest BCUT2D eigenvalue weighted by Gasteiger charge is -2.35. The van der Waals surface area contributed by atoms with E-state index in [0.29, 0.717) is 29.1 Å². The Morgan fingerprint density at radius 3 is 2.69 bits per heavy atom. The van der Waals surface area contributed by atoms with E-state index in [0.717, 1.165) is 12.8 Å². The van der Waals surface area contributed by atoms with Crippen LogP contribution in [0.5, 0.6) is 0 Å². The third-order valence-corrected chi connectivity index (χ3v) is 5.12. The van der Waals surface area contributed by atoms with E-state index in [4.69, 9.17) is 9.15 Å². The normalized spacial score (nSPS) is 16.2. The van der Waals surface area contributed by atoms with Crippen LogP contribution in [0.15, 0.2) is 58.3 Å². The first-order valence-electron chi connectivity index (χ1n) is 10.8. The molecule has 2 N–H and O–H groups in total. The number of carbonyl (C=O) groups excluding carboxylic acids is 3. The molecule has 3 amide bonds. The maximum absolute atomic E-state index is 13.0. The average molecular weight is 440 g/mol. The van der Waals surface area contributed by atoms with Crippen LogP contribution in [0.4, 0.5) is 10.5 Å². The van der Waals surface area contributed by atoms with Crippen molar-refractivity contribution >= 4 is 23.6 Å². The molecule has 1 atom stereocenters. The lowest BCUT2D eigenvalue weighted by molar-refractivity contribution is -0.143. The van der Waals surface area contributed by atoms with Gasteiger partial charge in [0, 0.05) is 17.9 Å². The van der Waals surface area contributed by atoms with Crippen LogP contribution in [0.3, 0.4) is 0 Å². The number of unbranched alkanes of at least 4 members (excludes halogenated alkanes) is 1. The van der Waals surface area contributed by atoms with Gasteiger partial charge in [-0.05, 0) is 57.0 Å². The van der Waals surface area contributed by atoms with Crippen molar-refractivity contribution in [3.8, 4) is 0 Å². The number of allylic oxidation sites excluding steroid dienone is 1. The minimum absolute atomic E-state index is 0.185. The minimum Gasteiger partial charge on any atom is -0.459 e. The van der Waals surface area contributed by atoms with Gasteiger partial charge < -0.3 is 19.8 Å². The summed E-state index contributed by atoms with van der Waals surface area (Å²) in [5.41, 5.74) is 2.12. The van der Waals surface area contributed by atoms with Gasteiger partial charge in [0.25, 0.3) is 5.91 Å². The zero-order chi connectivity index (χ0) is 23.3. The summed E-state index contributed by atoms with van der Waals surface area (Å²) in [4.78, 5) is 39.8. The molecular formula is C24H29N3O5. The summed E-state index contributed by atoms with van der Waals surface area (Å²) in [5, 5.41) is 5.70. The third-order valence-electron chi connectivity index (χ3n) is 5.12.